The number of hydrogen-bond acceptors (Lipinski definition) is 2. The van der Waals surface area contributed by atoms with Gasteiger partial charge in [0, 0.05) is 10.0 Å². The van der Waals surface area contributed by atoms with Crippen LogP contribution in [0, 0.1) is 0 Å². The summed E-state index contributed by atoms with van der Waals surface area (Å²) in [6.07, 6.45) is 1.72. The molecule has 4 heteroatoms. The van der Waals surface area contributed by atoms with Gasteiger partial charge >= 0.3 is 6.09 Å². The van der Waals surface area contributed by atoms with Crippen molar-refractivity contribution in [2.24, 2.45) is 0 Å². The zero-order valence-electron chi connectivity index (χ0n) is 11.9. The highest BCUT2D eigenvalue weighted by molar-refractivity contribution is 9.10. The minimum atomic E-state index is -0.267. The van der Waals surface area contributed by atoms with Gasteiger partial charge in [-0.2, -0.15) is 0 Å². The molecule has 1 aliphatic rings. The number of methoxy groups -OCH3 is 1. The van der Waals surface area contributed by atoms with Crippen LogP contribution in [0.2, 0.25) is 0 Å². The molecule has 1 aliphatic carbocycles. The average Bonchev–Trinajstić information content (AvgIpc) is 3.09. The minimum Gasteiger partial charge on any atom is -0.453 e. The summed E-state index contributed by atoms with van der Waals surface area (Å²) < 4.78 is 6.04. The molecular formula is C15H20BrNO2. The first-order valence-electron chi connectivity index (χ1n) is 6.45. The monoisotopic (exact) mass is 325 g/mol. The van der Waals surface area contributed by atoms with Crippen LogP contribution in [0.25, 0.3) is 0 Å². The highest BCUT2D eigenvalue weighted by atomic mass is 79.9. The summed E-state index contributed by atoms with van der Waals surface area (Å²) in [5.74, 6) is 0. The van der Waals surface area contributed by atoms with E-state index in [-0.39, 0.29) is 17.2 Å². The maximum absolute atomic E-state index is 12.2. The summed E-state index contributed by atoms with van der Waals surface area (Å²) >= 11 is 3.45. The van der Waals surface area contributed by atoms with Crippen molar-refractivity contribution in [3.05, 3.63) is 34.3 Å². The number of ether oxygens (including phenoxy) is 1. The molecule has 0 radical (unpaired) electrons. The van der Waals surface area contributed by atoms with Gasteiger partial charge in [0.2, 0.25) is 0 Å². The molecule has 1 amide bonds. The molecule has 0 atom stereocenters. The predicted molar refractivity (Wildman–Crippen MR) is 79.1 cm³/mol. The van der Waals surface area contributed by atoms with Crippen molar-refractivity contribution in [3.8, 4) is 0 Å². The standard InChI is InChI=1S/C15H20BrNO2/c1-14(2,3)17(13(18)19-4)15(9-10-15)11-5-7-12(16)8-6-11/h5-8H,9-10H2,1-4H3. The molecule has 1 aromatic rings. The lowest BCUT2D eigenvalue weighted by Gasteiger charge is -2.41. The lowest BCUT2D eigenvalue weighted by Crippen LogP contribution is -2.51. The molecular weight excluding hydrogens is 306 g/mol. The summed E-state index contributed by atoms with van der Waals surface area (Å²) in [6, 6.07) is 8.21. The van der Waals surface area contributed by atoms with Crippen LogP contribution in [0.4, 0.5) is 4.79 Å². The second kappa shape index (κ2) is 4.82. The molecule has 0 unspecified atom stereocenters. The molecule has 0 heterocycles. The van der Waals surface area contributed by atoms with Crippen LogP contribution in [0.3, 0.4) is 0 Å². The van der Waals surface area contributed by atoms with E-state index in [1.54, 1.807) is 0 Å². The minimum absolute atomic E-state index is 0.202. The average molecular weight is 326 g/mol. The van der Waals surface area contributed by atoms with E-state index in [0.717, 1.165) is 17.3 Å². The van der Waals surface area contributed by atoms with Gasteiger partial charge in [0.05, 0.1) is 12.6 Å². The van der Waals surface area contributed by atoms with Gasteiger partial charge in [0.1, 0.15) is 0 Å². The summed E-state index contributed by atoms with van der Waals surface area (Å²) in [5.41, 5.74) is 0.707. The molecule has 3 nitrogen and oxygen atoms in total. The molecule has 0 aliphatic heterocycles. The van der Waals surface area contributed by atoms with E-state index in [0.29, 0.717) is 0 Å². The van der Waals surface area contributed by atoms with Gasteiger partial charge in [-0.05, 0) is 51.3 Å². The summed E-state index contributed by atoms with van der Waals surface area (Å²) in [5, 5.41) is 0. The van der Waals surface area contributed by atoms with Crippen molar-refractivity contribution in [2.75, 3.05) is 7.11 Å². The van der Waals surface area contributed by atoms with E-state index in [1.165, 1.54) is 12.7 Å². The Balaban J connectivity index is 2.41. The zero-order valence-corrected chi connectivity index (χ0v) is 13.5. The van der Waals surface area contributed by atoms with Crippen LogP contribution in [0.15, 0.2) is 28.7 Å². The second-order valence-corrected chi connectivity index (χ2v) is 6.93. The number of halogens is 1. The number of carbonyl (C=O) groups excluding carboxylic acids is 1. The first kappa shape index (κ1) is 14.4. The van der Waals surface area contributed by atoms with Gasteiger partial charge in [-0.25, -0.2) is 4.79 Å². The van der Waals surface area contributed by atoms with Crippen molar-refractivity contribution < 1.29 is 9.53 Å². The zero-order chi connectivity index (χ0) is 14.3. The van der Waals surface area contributed by atoms with Crippen LogP contribution in [0.5, 0.6) is 0 Å². The largest absolute Gasteiger partial charge is 0.453 e. The molecule has 1 saturated carbocycles. The molecule has 19 heavy (non-hydrogen) atoms. The van der Waals surface area contributed by atoms with Gasteiger partial charge in [-0.1, -0.05) is 28.1 Å². The molecule has 0 bridgehead atoms. The lowest BCUT2D eigenvalue weighted by molar-refractivity contribution is 0.0467. The molecule has 0 spiro atoms. The number of amides is 1. The van der Waals surface area contributed by atoms with E-state index >= 15 is 0 Å². The van der Waals surface area contributed by atoms with Gasteiger partial charge in [-0.3, -0.25) is 4.90 Å². The Kier molecular flexibility index (Phi) is 3.65. The third-order valence-electron chi connectivity index (χ3n) is 3.56. The fraction of sp³-hybridized carbons (Fsp3) is 0.533. The SMILES string of the molecule is COC(=O)N(C(C)(C)C)C1(c2ccc(Br)cc2)CC1. The molecule has 0 saturated heterocycles. The second-order valence-electron chi connectivity index (χ2n) is 6.01. The van der Waals surface area contributed by atoms with Crippen molar-refractivity contribution in [3.63, 3.8) is 0 Å². The lowest BCUT2D eigenvalue weighted by atomic mass is 9.96. The van der Waals surface area contributed by atoms with Crippen LogP contribution in [-0.4, -0.2) is 23.6 Å². The Morgan fingerprint density at radius 2 is 1.79 bits per heavy atom. The third-order valence-corrected chi connectivity index (χ3v) is 4.09. The van der Waals surface area contributed by atoms with Gasteiger partial charge in [0.15, 0.2) is 0 Å². The van der Waals surface area contributed by atoms with Gasteiger partial charge < -0.3 is 4.74 Å². The Morgan fingerprint density at radius 1 is 1.26 bits per heavy atom. The summed E-state index contributed by atoms with van der Waals surface area (Å²) in [4.78, 5) is 14.1. The highest BCUT2D eigenvalue weighted by Crippen LogP contribution is 2.53. The van der Waals surface area contributed by atoms with Crippen LogP contribution in [0.1, 0.15) is 39.2 Å². The number of nitrogens with zero attached hydrogens (tertiary/aromatic N) is 1. The third kappa shape index (κ3) is 2.64. The van der Waals surface area contributed by atoms with Crippen molar-refractivity contribution in [2.45, 2.75) is 44.7 Å². The normalized spacial score (nSPS) is 16.9. The smallest absolute Gasteiger partial charge is 0.410 e. The molecule has 1 fully saturated rings. The number of rotatable bonds is 2. The molecule has 104 valence electrons. The maximum atomic E-state index is 12.2. The summed E-state index contributed by atoms with van der Waals surface area (Å²) in [6.45, 7) is 6.13. The van der Waals surface area contributed by atoms with E-state index in [4.69, 9.17) is 4.74 Å². The van der Waals surface area contributed by atoms with Crippen LogP contribution >= 0.6 is 15.9 Å². The van der Waals surface area contributed by atoms with E-state index < -0.39 is 0 Å². The van der Waals surface area contributed by atoms with E-state index in [1.807, 2.05) is 37.8 Å². The molecule has 2 rings (SSSR count). The highest BCUT2D eigenvalue weighted by Gasteiger charge is 2.55. The van der Waals surface area contributed by atoms with Crippen molar-refractivity contribution in [1.29, 1.82) is 0 Å². The first-order valence-corrected chi connectivity index (χ1v) is 7.25. The van der Waals surface area contributed by atoms with Crippen molar-refractivity contribution in [1.82, 2.24) is 4.90 Å². The molecule has 0 N–H and O–H groups in total. The van der Waals surface area contributed by atoms with Crippen LogP contribution in [-0.2, 0) is 10.3 Å². The quantitative estimate of drug-likeness (QED) is 0.811. The molecule has 0 aromatic heterocycles. The molecule has 1 aromatic carbocycles. The van der Waals surface area contributed by atoms with Gasteiger partial charge in [0.25, 0.3) is 0 Å². The van der Waals surface area contributed by atoms with Crippen LogP contribution < -0.4 is 0 Å². The fourth-order valence-electron chi connectivity index (χ4n) is 2.70. The summed E-state index contributed by atoms with van der Waals surface area (Å²) in [7, 11) is 1.44. The Morgan fingerprint density at radius 3 is 2.16 bits per heavy atom. The Bertz CT molecular complexity index is 472. The van der Waals surface area contributed by atoms with E-state index in [2.05, 4.69) is 28.1 Å². The number of hydrogen-bond donors (Lipinski definition) is 0. The number of benzene rings is 1. The fourth-order valence-corrected chi connectivity index (χ4v) is 2.97. The Labute approximate surface area is 123 Å². The Hall–Kier alpha value is -1.03. The van der Waals surface area contributed by atoms with E-state index in [9.17, 15) is 4.79 Å². The number of carbonyl (C=O) groups is 1. The predicted octanol–water partition coefficient (Wildman–Crippen LogP) is 4.31. The first-order chi connectivity index (χ1) is 8.81. The topological polar surface area (TPSA) is 29.5 Å². The maximum Gasteiger partial charge on any atom is 0.410 e. The van der Waals surface area contributed by atoms with Gasteiger partial charge in [-0.15, -0.1) is 0 Å². The van der Waals surface area contributed by atoms with Crippen molar-refractivity contribution >= 4 is 22.0 Å².